The van der Waals surface area contributed by atoms with Gasteiger partial charge in [-0.15, -0.1) is 0 Å². The minimum Gasteiger partial charge on any atom is -0.385 e. The second-order valence-electron chi connectivity index (χ2n) is 4.13. The number of hydrogen-bond acceptors (Lipinski definition) is 2. The average Bonchev–Trinajstić information content (AvgIpc) is 2.27. The van der Waals surface area contributed by atoms with Crippen molar-refractivity contribution in [2.75, 3.05) is 25.6 Å². The number of nitrogens with one attached hydrogen (secondary N) is 1. The molecule has 0 saturated carbocycles. The van der Waals surface area contributed by atoms with Gasteiger partial charge in [0.25, 0.3) is 0 Å². The molecule has 0 aliphatic heterocycles. The highest BCUT2D eigenvalue weighted by Gasteiger charge is 2.33. The molecule has 18 heavy (non-hydrogen) atoms. The second kappa shape index (κ2) is 6.29. The zero-order valence-electron chi connectivity index (χ0n) is 10.1. The van der Waals surface area contributed by atoms with Crippen molar-refractivity contribution in [1.82, 2.24) is 0 Å². The van der Waals surface area contributed by atoms with Gasteiger partial charge < -0.3 is 10.1 Å². The first-order valence-corrected chi connectivity index (χ1v) is 5.82. The maximum atomic E-state index is 12.6. The maximum Gasteiger partial charge on any atom is 0.417 e. The number of ether oxygens (including phenoxy) is 1. The third-order valence-electron chi connectivity index (χ3n) is 2.38. The van der Waals surface area contributed by atoms with E-state index in [-0.39, 0.29) is 10.9 Å². The van der Waals surface area contributed by atoms with Gasteiger partial charge in [-0.2, -0.15) is 13.2 Å². The van der Waals surface area contributed by atoms with E-state index in [1.54, 1.807) is 7.11 Å². The number of alkyl halides is 3. The molecule has 6 heteroatoms. The molecule has 102 valence electrons. The molecule has 2 nitrogen and oxygen atoms in total. The Hall–Kier alpha value is -0.940. The summed E-state index contributed by atoms with van der Waals surface area (Å²) in [6.45, 7) is 3.02. The van der Waals surface area contributed by atoms with Crippen molar-refractivity contribution in [3.63, 3.8) is 0 Å². The Morgan fingerprint density at radius 2 is 2.06 bits per heavy atom. The van der Waals surface area contributed by atoms with Gasteiger partial charge in [0.1, 0.15) is 0 Å². The van der Waals surface area contributed by atoms with Crippen molar-refractivity contribution < 1.29 is 17.9 Å². The number of rotatable bonds is 5. The highest BCUT2D eigenvalue weighted by Crippen LogP contribution is 2.36. The fraction of sp³-hybridized carbons (Fsp3) is 0.500. The van der Waals surface area contributed by atoms with Crippen molar-refractivity contribution >= 4 is 17.3 Å². The fourth-order valence-electron chi connectivity index (χ4n) is 1.49. The summed E-state index contributed by atoms with van der Waals surface area (Å²) in [4.78, 5) is 0. The zero-order valence-corrected chi connectivity index (χ0v) is 10.9. The van der Waals surface area contributed by atoms with Crippen LogP contribution < -0.4 is 5.32 Å². The largest absolute Gasteiger partial charge is 0.417 e. The van der Waals surface area contributed by atoms with E-state index in [9.17, 15) is 13.2 Å². The van der Waals surface area contributed by atoms with Crippen LogP contribution in [0, 0.1) is 5.92 Å². The molecule has 1 atom stereocenters. The van der Waals surface area contributed by atoms with E-state index in [0.717, 1.165) is 6.07 Å². The predicted molar refractivity (Wildman–Crippen MR) is 66.0 cm³/mol. The van der Waals surface area contributed by atoms with E-state index in [0.29, 0.717) is 18.8 Å². The minimum absolute atomic E-state index is 0.208. The minimum atomic E-state index is -4.44. The summed E-state index contributed by atoms with van der Waals surface area (Å²) in [6, 6.07) is 3.78. The molecule has 1 N–H and O–H groups in total. The number of benzene rings is 1. The Morgan fingerprint density at radius 1 is 1.39 bits per heavy atom. The number of halogens is 4. The molecule has 0 aromatic heterocycles. The summed E-state index contributed by atoms with van der Waals surface area (Å²) in [6.07, 6.45) is -4.44. The topological polar surface area (TPSA) is 21.3 Å². The number of methoxy groups -OCH3 is 1. The third-order valence-corrected chi connectivity index (χ3v) is 2.71. The first-order valence-electron chi connectivity index (χ1n) is 5.44. The molecule has 0 aliphatic rings. The smallest absolute Gasteiger partial charge is 0.385 e. The van der Waals surface area contributed by atoms with Gasteiger partial charge in [0.2, 0.25) is 0 Å². The standard InChI is InChI=1S/C12H15ClF3NO/c1-8(7-18-2)6-17-9-3-4-11(13)10(5-9)12(14,15)16/h3-5,8,17H,6-7H2,1-2H3. The Kier molecular flexibility index (Phi) is 5.28. The lowest BCUT2D eigenvalue weighted by atomic mass is 10.1. The Morgan fingerprint density at radius 3 is 2.61 bits per heavy atom. The van der Waals surface area contributed by atoms with Crippen LogP contribution >= 0.6 is 11.6 Å². The molecular weight excluding hydrogens is 267 g/mol. The Balaban J connectivity index is 2.74. The van der Waals surface area contributed by atoms with Crippen LogP contribution in [0.25, 0.3) is 0 Å². The van der Waals surface area contributed by atoms with E-state index < -0.39 is 11.7 Å². The number of hydrogen-bond donors (Lipinski definition) is 1. The van der Waals surface area contributed by atoms with Gasteiger partial charge in [0.15, 0.2) is 0 Å². The number of anilines is 1. The van der Waals surface area contributed by atoms with E-state index in [2.05, 4.69) is 5.32 Å². The SMILES string of the molecule is COCC(C)CNc1ccc(Cl)c(C(F)(F)F)c1. The molecule has 0 bridgehead atoms. The lowest BCUT2D eigenvalue weighted by Crippen LogP contribution is -2.16. The van der Waals surface area contributed by atoms with Crippen molar-refractivity contribution in [3.8, 4) is 0 Å². The van der Waals surface area contributed by atoms with Gasteiger partial charge in [-0.05, 0) is 24.1 Å². The quantitative estimate of drug-likeness (QED) is 0.879. The van der Waals surface area contributed by atoms with E-state index in [1.807, 2.05) is 6.92 Å². The fourth-order valence-corrected chi connectivity index (χ4v) is 1.71. The van der Waals surface area contributed by atoms with E-state index in [4.69, 9.17) is 16.3 Å². The van der Waals surface area contributed by atoms with Gasteiger partial charge in [-0.3, -0.25) is 0 Å². The van der Waals surface area contributed by atoms with Gasteiger partial charge in [-0.1, -0.05) is 18.5 Å². The monoisotopic (exact) mass is 281 g/mol. The summed E-state index contributed by atoms with van der Waals surface area (Å²) in [5, 5.41) is 2.64. The maximum absolute atomic E-state index is 12.6. The molecule has 1 aromatic carbocycles. The van der Waals surface area contributed by atoms with Crippen LogP contribution in [0.3, 0.4) is 0 Å². The Bertz CT molecular complexity index is 395. The second-order valence-corrected chi connectivity index (χ2v) is 4.54. The highest BCUT2D eigenvalue weighted by atomic mass is 35.5. The molecule has 0 spiro atoms. The summed E-state index contributed by atoms with van der Waals surface area (Å²) < 4.78 is 42.8. The van der Waals surface area contributed by atoms with E-state index in [1.165, 1.54) is 12.1 Å². The molecule has 1 rings (SSSR count). The third kappa shape index (κ3) is 4.38. The Labute approximate surface area is 109 Å². The van der Waals surface area contributed by atoms with Crippen molar-refractivity contribution in [2.45, 2.75) is 13.1 Å². The molecule has 0 fully saturated rings. The summed E-state index contributed by atoms with van der Waals surface area (Å²) >= 11 is 5.53. The van der Waals surface area contributed by atoms with Gasteiger partial charge in [0.05, 0.1) is 17.2 Å². The normalized spacial score (nSPS) is 13.4. The molecule has 0 radical (unpaired) electrons. The molecule has 0 saturated heterocycles. The van der Waals surface area contributed by atoms with Crippen molar-refractivity contribution in [2.24, 2.45) is 5.92 Å². The first-order chi connectivity index (χ1) is 8.34. The van der Waals surface area contributed by atoms with Crippen LogP contribution in [0.2, 0.25) is 5.02 Å². The van der Waals surface area contributed by atoms with Crippen LogP contribution in [0.4, 0.5) is 18.9 Å². The van der Waals surface area contributed by atoms with Gasteiger partial charge in [-0.25, -0.2) is 0 Å². The predicted octanol–water partition coefficient (Wildman–Crippen LogP) is 4.05. The van der Waals surface area contributed by atoms with Crippen LogP contribution in [0.1, 0.15) is 12.5 Å². The zero-order chi connectivity index (χ0) is 13.8. The first kappa shape index (κ1) is 15.1. The molecule has 1 unspecified atom stereocenters. The van der Waals surface area contributed by atoms with E-state index >= 15 is 0 Å². The lowest BCUT2D eigenvalue weighted by molar-refractivity contribution is -0.137. The van der Waals surface area contributed by atoms with Gasteiger partial charge >= 0.3 is 6.18 Å². The summed E-state index contributed by atoms with van der Waals surface area (Å²) in [5.74, 6) is 0.208. The molecule has 0 amide bonds. The van der Waals surface area contributed by atoms with Crippen LogP contribution in [-0.2, 0) is 10.9 Å². The summed E-state index contributed by atoms with van der Waals surface area (Å²) in [7, 11) is 1.58. The molecule has 1 aromatic rings. The van der Waals surface area contributed by atoms with Crippen molar-refractivity contribution in [1.29, 1.82) is 0 Å². The average molecular weight is 282 g/mol. The van der Waals surface area contributed by atoms with Crippen LogP contribution in [0.15, 0.2) is 18.2 Å². The summed E-state index contributed by atoms with van der Waals surface area (Å²) in [5.41, 5.74) is -0.428. The molecule has 0 aliphatic carbocycles. The van der Waals surface area contributed by atoms with Crippen LogP contribution in [-0.4, -0.2) is 20.3 Å². The highest BCUT2D eigenvalue weighted by molar-refractivity contribution is 6.31. The molecule has 0 heterocycles. The van der Waals surface area contributed by atoms with Crippen LogP contribution in [0.5, 0.6) is 0 Å². The lowest BCUT2D eigenvalue weighted by Gasteiger charge is -2.15. The molecular formula is C12H15ClF3NO. The van der Waals surface area contributed by atoms with Crippen molar-refractivity contribution in [3.05, 3.63) is 28.8 Å². The van der Waals surface area contributed by atoms with Gasteiger partial charge in [0, 0.05) is 19.3 Å².